The van der Waals surface area contributed by atoms with Gasteiger partial charge in [0.1, 0.15) is 0 Å². The van der Waals surface area contributed by atoms with Crippen molar-refractivity contribution in [2.45, 2.75) is 31.8 Å². The van der Waals surface area contributed by atoms with Crippen LogP contribution in [0.2, 0.25) is 0 Å². The first-order valence-electron chi connectivity index (χ1n) is 7.89. The number of sulfone groups is 1. The summed E-state index contributed by atoms with van der Waals surface area (Å²) in [5.74, 6) is 0.0885. The minimum atomic E-state index is -4.62. The molecular weight excluding hydrogens is 367 g/mol. The molecule has 26 heavy (non-hydrogen) atoms. The molecule has 0 aliphatic rings. The number of hydrogen-bond donors (Lipinski definition) is 1. The Morgan fingerprint density at radius 2 is 1.69 bits per heavy atom. The Kier molecular flexibility index (Phi) is 5.60. The Morgan fingerprint density at radius 1 is 1.12 bits per heavy atom. The summed E-state index contributed by atoms with van der Waals surface area (Å²) in [4.78, 5) is 7.91. The zero-order valence-electron chi connectivity index (χ0n) is 14.8. The zero-order valence-corrected chi connectivity index (χ0v) is 15.7. The molecule has 2 aromatic rings. The molecule has 0 aliphatic heterocycles. The average molecular weight is 387 g/mol. The Morgan fingerprint density at radius 3 is 2.15 bits per heavy atom. The number of nitrogens with one attached hydrogen (secondary N) is 1. The predicted octanol–water partition coefficient (Wildman–Crippen LogP) is 3.94. The Bertz CT molecular complexity index is 893. The van der Waals surface area contributed by atoms with Crippen LogP contribution in [0.3, 0.4) is 0 Å². The quantitative estimate of drug-likeness (QED) is 0.841. The number of anilines is 1. The highest BCUT2D eigenvalue weighted by Gasteiger charge is 2.36. The average Bonchev–Trinajstić information content (AvgIpc) is 2.52. The Hall–Kier alpha value is -2.16. The van der Waals surface area contributed by atoms with E-state index in [-0.39, 0.29) is 28.0 Å². The summed E-state index contributed by atoms with van der Waals surface area (Å²) in [5.41, 5.74) is -0.630. The maximum absolute atomic E-state index is 13.3. The summed E-state index contributed by atoms with van der Waals surface area (Å²) in [6.45, 7) is 5.55. The van der Waals surface area contributed by atoms with Gasteiger partial charge in [-0.25, -0.2) is 18.4 Å². The first kappa shape index (κ1) is 20.2. The topological polar surface area (TPSA) is 72.0 Å². The van der Waals surface area contributed by atoms with Crippen LogP contribution < -0.4 is 5.32 Å². The highest BCUT2D eigenvalue weighted by Crippen LogP contribution is 2.35. The van der Waals surface area contributed by atoms with Crippen molar-refractivity contribution < 1.29 is 21.6 Å². The summed E-state index contributed by atoms with van der Waals surface area (Å²) in [5, 5.41) is 2.81. The van der Waals surface area contributed by atoms with Gasteiger partial charge in [0, 0.05) is 23.9 Å². The summed E-state index contributed by atoms with van der Waals surface area (Å²) >= 11 is 0. The number of hydrogen-bond acceptors (Lipinski definition) is 5. The molecule has 0 aliphatic carbocycles. The van der Waals surface area contributed by atoms with Gasteiger partial charge in [0.05, 0.1) is 10.6 Å². The van der Waals surface area contributed by atoms with E-state index in [1.54, 1.807) is 0 Å². The second-order valence-corrected chi connectivity index (χ2v) is 8.45. The molecule has 142 valence electrons. The fourth-order valence-electron chi connectivity index (χ4n) is 2.31. The molecule has 0 unspecified atom stereocenters. The molecule has 1 aromatic heterocycles. The minimum absolute atomic E-state index is 0.0853. The fraction of sp³-hybridized carbons (Fsp3) is 0.412. The number of nitrogens with zero attached hydrogens (tertiary/aromatic N) is 2. The van der Waals surface area contributed by atoms with E-state index in [4.69, 9.17) is 0 Å². The van der Waals surface area contributed by atoms with E-state index in [2.05, 4.69) is 15.3 Å². The molecule has 0 saturated carbocycles. The third-order valence-corrected chi connectivity index (χ3v) is 4.77. The number of rotatable bonds is 5. The van der Waals surface area contributed by atoms with Crippen molar-refractivity contribution in [3.63, 3.8) is 0 Å². The maximum atomic E-state index is 13.3. The molecular formula is C17H20F3N3O2S. The van der Waals surface area contributed by atoms with Gasteiger partial charge >= 0.3 is 6.18 Å². The van der Waals surface area contributed by atoms with E-state index in [1.807, 2.05) is 13.8 Å². The number of halogens is 3. The molecule has 1 aromatic carbocycles. The number of alkyl halides is 3. The standard InChI is InChI=1S/C17H20F3N3O2S/c1-10(2)9-21-16-22-14(11(3)15(23-16)17(18,19)20)12-5-7-13(8-6-12)26(4,24)25/h5-8,10H,9H2,1-4H3,(H,21,22,23). The van der Waals surface area contributed by atoms with Gasteiger partial charge in [0.15, 0.2) is 15.5 Å². The molecule has 0 fully saturated rings. The van der Waals surface area contributed by atoms with Crippen molar-refractivity contribution in [3.05, 3.63) is 35.5 Å². The first-order valence-corrected chi connectivity index (χ1v) is 9.79. The van der Waals surface area contributed by atoms with Crippen LogP contribution >= 0.6 is 0 Å². The van der Waals surface area contributed by atoms with Crippen molar-refractivity contribution in [2.75, 3.05) is 18.1 Å². The van der Waals surface area contributed by atoms with E-state index in [0.717, 1.165) is 6.26 Å². The van der Waals surface area contributed by atoms with Gasteiger partial charge < -0.3 is 5.32 Å². The molecule has 5 nitrogen and oxygen atoms in total. The minimum Gasteiger partial charge on any atom is -0.354 e. The SMILES string of the molecule is Cc1c(-c2ccc(S(C)(=O)=O)cc2)nc(NCC(C)C)nc1C(F)(F)F. The lowest BCUT2D eigenvalue weighted by Crippen LogP contribution is -2.17. The first-order chi connectivity index (χ1) is 11.9. The lowest BCUT2D eigenvalue weighted by atomic mass is 10.1. The highest BCUT2D eigenvalue weighted by atomic mass is 32.2. The lowest BCUT2D eigenvalue weighted by molar-refractivity contribution is -0.141. The number of benzene rings is 1. The van der Waals surface area contributed by atoms with E-state index in [9.17, 15) is 21.6 Å². The monoisotopic (exact) mass is 387 g/mol. The van der Waals surface area contributed by atoms with E-state index < -0.39 is 21.7 Å². The molecule has 0 bridgehead atoms. The second-order valence-electron chi connectivity index (χ2n) is 6.44. The van der Waals surface area contributed by atoms with Gasteiger partial charge in [0.25, 0.3) is 0 Å². The summed E-state index contributed by atoms with van der Waals surface area (Å²) < 4.78 is 63.1. The van der Waals surface area contributed by atoms with Crippen molar-refractivity contribution in [2.24, 2.45) is 5.92 Å². The third kappa shape index (κ3) is 4.72. The van der Waals surface area contributed by atoms with Crippen molar-refractivity contribution >= 4 is 15.8 Å². The normalized spacial score (nSPS) is 12.5. The molecule has 9 heteroatoms. The third-order valence-electron chi connectivity index (χ3n) is 3.64. The van der Waals surface area contributed by atoms with Crippen LogP contribution in [0.5, 0.6) is 0 Å². The molecule has 0 amide bonds. The van der Waals surface area contributed by atoms with E-state index in [0.29, 0.717) is 12.1 Å². The van der Waals surface area contributed by atoms with Crippen LogP contribution in [0.25, 0.3) is 11.3 Å². The Labute approximate surface area is 150 Å². The molecule has 1 heterocycles. The van der Waals surface area contributed by atoms with Gasteiger partial charge in [-0.1, -0.05) is 26.0 Å². The predicted molar refractivity (Wildman–Crippen MR) is 93.6 cm³/mol. The molecule has 0 spiro atoms. The van der Waals surface area contributed by atoms with Crippen LogP contribution in [0.4, 0.5) is 19.1 Å². The van der Waals surface area contributed by atoms with Gasteiger partial charge in [-0.3, -0.25) is 0 Å². The van der Waals surface area contributed by atoms with Crippen LogP contribution in [0.15, 0.2) is 29.2 Å². The summed E-state index contributed by atoms with van der Waals surface area (Å²) in [6, 6.07) is 5.58. The molecule has 0 saturated heterocycles. The van der Waals surface area contributed by atoms with Crippen molar-refractivity contribution in [1.82, 2.24) is 9.97 Å². The molecule has 1 N–H and O–H groups in total. The largest absolute Gasteiger partial charge is 0.433 e. The van der Waals surface area contributed by atoms with Crippen LogP contribution in [0.1, 0.15) is 25.1 Å². The van der Waals surface area contributed by atoms with Crippen molar-refractivity contribution in [1.29, 1.82) is 0 Å². The summed E-state index contributed by atoms with van der Waals surface area (Å²) in [6.07, 6.45) is -3.56. The van der Waals surface area contributed by atoms with Crippen LogP contribution in [-0.4, -0.2) is 31.2 Å². The highest BCUT2D eigenvalue weighted by molar-refractivity contribution is 7.90. The van der Waals surface area contributed by atoms with E-state index >= 15 is 0 Å². The van der Waals surface area contributed by atoms with Gasteiger partial charge in [-0.15, -0.1) is 0 Å². The molecule has 2 rings (SSSR count). The van der Waals surface area contributed by atoms with Crippen LogP contribution in [-0.2, 0) is 16.0 Å². The number of aromatic nitrogens is 2. The zero-order chi connectivity index (χ0) is 19.7. The van der Waals surface area contributed by atoms with Gasteiger partial charge in [-0.2, -0.15) is 13.2 Å². The summed E-state index contributed by atoms with van der Waals surface area (Å²) in [7, 11) is -3.39. The van der Waals surface area contributed by atoms with E-state index in [1.165, 1.54) is 31.2 Å². The fourth-order valence-corrected chi connectivity index (χ4v) is 2.94. The Balaban J connectivity index is 2.57. The second kappa shape index (κ2) is 7.22. The lowest BCUT2D eigenvalue weighted by Gasteiger charge is -2.16. The smallest absolute Gasteiger partial charge is 0.354 e. The van der Waals surface area contributed by atoms with Gasteiger partial charge in [-0.05, 0) is 25.0 Å². The molecule has 0 atom stereocenters. The maximum Gasteiger partial charge on any atom is 0.433 e. The molecule has 0 radical (unpaired) electrons. The van der Waals surface area contributed by atoms with Crippen LogP contribution in [0, 0.1) is 12.8 Å². The van der Waals surface area contributed by atoms with Crippen molar-refractivity contribution in [3.8, 4) is 11.3 Å². The van der Waals surface area contributed by atoms with Gasteiger partial charge in [0.2, 0.25) is 5.95 Å².